The Morgan fingerprint density at radius 2 is 1.26 bits per heavy atom. The van der Waals surface area contributed by atoms with E-state index in [-0.39, 0.29) is 0 Å². The molecule has 2 saturated heterocycles. The standard InChI is InChI=1S/C32H46N2O20/c1-13(35)33-24-21(48-16(4)38)10-32(31(44)45-9,54-29(24)27(51-19(7)41)22(49-17(5)39)11-46-15(3)37)47-12-23-26(50-18(6)40)28(52-20(8)42)25(30(43)53-23)34-14(2)36/h21-30,43H,10-12H2,1-9H3,(H,33,35)(H,34,36)/t21-,22+,23+,24+,25+,26-,27+,28+,29+,30-,32+/m0/s1. The molecule has 0 aliphatic carbocycles. The van der Waals surface area contributed by atoms with Gasteiger partial charge >= 0.3 is 41.8 Å². The summed E-state index contributed by atoms with van der Waals surface area (Å²) < 4.78 is 54.9. The molecule has 0 radical (unpaired) electrons. The van der Waals surface area contributed by atoms with Crippen LogP contribution in [-0.4, -0.2) is 146 Å². The van der Waals surface area contributed by atoms with Gasteiger partial charge in [0.05, 0.1) is 26.2 Å². The SMILES string of the molecule is COC(=O)[C@@]1(OC[C@H]2O[C@H](O)[C@H](NC(C)=O)[C@@H](OC(C)=O)[C@H]2OC(C)=O)C[C@H](OC(C)=O)[C@@H](NC(C)=O)[C@H]([C@H](OC(C)=O)[C@@H](COC(C)=O)OC(C)=O)O1. The van der Waals surface area contributed by atoms with Crippen LogP contribution in [-0.2, 0) is 90.5 Å². The highest BCUT2D eigenvalue weighted by Crippen LogP contribution is 2.38. The van der Waals surface area contributed by atoms with E-state index >= 15 is 0 Å². The Balaban J connectivity index is 2.79. The molecule has 0 aromatic carbocycles. The molecule has 0 saturated carbocycles. The van der Waals surface area contributed by atoms with Crippen molar-refractivity contribution in [3.05, 3.63) is 0 Å². The van der Waals surface area contributed by atoms with Crippen LogP contribution < -0.4 is 10.6 Å². The molecule has 3 N–H and O–H groups in total. The number of nitrogens with one attached hydrogen (secondary N) is 2. The van der Waals surface area contributed by atoms with Crippen LogP contribution in [0.4, 0.5) is 0 Å². The Bertz CT molecular complexity index is 1440. The number of aliphatic hydroxyl groups excluding tert-OH is 1. The molecule has 0 spiro atoms. The fourth-order valence-corrected chi connectivity index (χ4v) is 5.87. The molecule has 304 valence electrons. The van der Waals surface area contributed by atoms with Gasteiger partial charge in [-0.25, -0.2) is 4.79 Å². The van der Waals surface area contributed by atoms with Crippen LogP contribution in [0.3, 0.4) is 0 Å². The van der Waals surface area contributed by atoms with Crippen molar-refractivity contribution < 1.29 is 95.6 Å². The van der Waals surface area contributed by atoms with Gasteiger partial charge < -0.3 is 63.1 Å². The predicted octanol–water partition coefficient (Wildman–Crippen LogP) is -2.39. The third-order valence-corrected chi connectivity index (χ3v) is 7.62. The largest absolute Gasteiger partial charge is 0.465 e. The Morgan fingerprint density at radius 1 is 0.722 bits per heavy atom. The molecule has 2 amide bonds. The first-order valence-electron chi connectivity index (χ1n) is 16.4. The molecule has 22 heteroatoms. The quantitative estimate of drug-likeness (QED) is 0.115. The first kappa shape index (κ1) is 45.2. The van der Waals surface area contributed by atoms with Crippen molar-refractivity contribution in [1.82, 2.24) is 10.6 Å². The van der Waals surface area contributed by atoms with Crippen LogP contribution in [0.1, 0.15) is 61.8 Å². The van der Waals surface area contributed by atoms with Crippen molar-refractivity contribution in [1.29, 1.82) is 0 Å². The second kappa shape index (κ2) is 19.9. The molecule has 0 bridgehead atoms. The summed E-state index contributed by atoms with van der Waals surface area (Å²) >= 11 is 0. The van der Waals surface area contributed by atoms with Crippen molar-refractivity contribution in [2.75, 3.05) is 20.3 Å². The lowest BCUT2D eigenvalue weighted by molar-refractivity contribution is -0.330. The molecule has 2 heterocycles. The minimum Gasteiger partial charge on any atom is -0.465 e. The zero-order valence-corrected chi connectivity index (χ0v) is 31.1. The van der Waals surface area contributed by atoms with Gasteiger partial charge in [0.15, 0.2) is 30.7 Å². The highest BCUT2D eigenvalue weighted by atomic mass is 16.8. The van der Waals surface area contributed by atoms with E-state index in [1.807, 2.05) is 0 Å². The molecular formula is C32H46N2O20. The molecular weight excluding hydrogens is 732 g/mol. The Labute approximate surface area is 309 Å². The van der Waals surface area contributed by atoms with Crippen molar-refractivity contribution >= 4 is 53.6 Å². The van der Waals surface area contributed by atoms with E-state index in [0.717, 1.165) is 62.5 Å². The molecule has 2 aliphatic rings. The minimum atomic E-state index is -2.71. The third-order valence-electron chi connectivity index (χ3n) is 7.62. The van der Waals surface area contributed by atoms with Crippen LogP contribution in [0, 0.1) is 0 Å². The number of methoxy groups -OCH3 is 1. The van der Waals surface area contributed by atoms with E-state index in [4.69, 9.17) is 47.4 Å². The van der Waals surface area contributed by atoms with Crippen molar-refractivity contribution in [3.63, 3.8) is 0 Å². The molecule has 22 nitrogen and oxygen atoms in total. The summed E-state index contributed by atoms with van der Waals surface area (Å²) in [7, 11) is 0.926. The number of hydrogen-bond donors (Lipinski definition) is 3. The van der Waals surface area contributed by atoms with Gasteiger partial charge in [0.2, 0.25) is 11.8 Å². The summed E-state index contributed by atoms with van der Waals surface area (Å²) in [5.74, 6) is -11.0. The summed E-state index contributed by atoms with van der Waals surface area (Å²) in [6.07, 6.45) is -14.4. The highest BCUT2D eigenvalue weighted by Gasteiger charge is 2.60. The third kappa shape index (κ3) is 12.9. The van der Waals surface area contributed by atoms with E-state index in [2.05, 4.69) is 10.6 Å². The van der Waals surface area contributed by atoms with E-state index < -0.39 is 140 Å². The lowest BCUT2D eigenvalue weighted by Crippen LogP contribution is -2.70. The first-order chi connectivity index (χ1) is 25.1. The Hall–Kier alpha value is -4.93. The first-order valence-corrected chi connectivity index (χ1v) is 16.4. The van der Waals surface area contributed by atoms with Crippen LogP contribution in [0.2, 0.25) is 0 Å². The molecule has 2 rings (SSSR count). The molecule has 0 unspecified atom stereocenters. The lowest BCUT2D eigenvalue weighted by Gasteiger charge is -2.49. The minimum absolute atomic E-state index is 0.685. The summed E-state index contributed by atoms with van der Waals surface area (Å²) in [6, 6.07) is -2.97. The van der Waals surface area contributed by atoms with Gasteiger partial charge in [-0.3, -0.25) is 38.4 Å². The number of aliphatic hydroxyl groups is 1. The van der Waals surface area contributed by atoms with E-state index in [9.17, 15) is 48.3 Å². The number of hydrogen-bond acceptors (Lipinski definition) is 20. The summed E-state index contributed by atoms with van der Waals surface area (Å²) in [5, 5.41) is 15.8. The van der Waals surface area contributed by atoms with E-state index in [1.165, 1.54) is 0 Å². The van der Waals surface area contributed by atoms with Crippen LogP contribution in [0.5, 0.6) is 0 Å². The average Bonchev–Trinajstić information content (AvgIpc) is 3.03. The van der Waals surface area contributed by atoms with Gasteiger partial charge in [-0.2, -0.15) is 0 Å². The van der Waals surface area contributed by atoms with E-state index in [1.54, 1.807) is 0 Å². The van der Waals surface area contributed by atoms with Gasteiger partial charge in [0.1, 0.15) is 31.0 Å². The number of ether oxygens (including phenoxy) is 10. The van der Waals surface area contributed by atoms with Gasteiger partial charge in [-0.15, -0.1) is 0 Å². The highest BCUT2D eigenvalue weighted by molar-refractivity contribution is 5.79. The van der Waals surface area contributed by atoms with Crippen molar-refractivity contribution in [3.8, 4) is 0 Å². The van der Waals surface area contributed by atoms with E-state index in [0.29, 0.717) is 0 Å². The lowest BCUT2D eigenvalue weighted by atomic mass is 9.87. The predicted molar refractivity (Wildman–Crippen MR) is 171 cm³/mol. The molecule has 54 heavy (non-hydrogen) atoms. The maximum Gasteiger partial charge on any atom is 0.366 e. The summed E-state index contributed by atoms with van der Waals surface area (Å²) in [4.78, 5) is 111. The van der Waals surface area contributed by atoms with Crippen molar-refractivity contribution in [2.45, 2.75) is 129 Å². The fourth-order valence-electron chi connectivity index (χ4n) is 5.87. The Kier molecular flexibility index (Phi) is 16.7. The zero-order valence-electron chi connectivity index (χ0n) is 31.1. The second-order valence-electron chi connectivity index (χ2n) is 12.2. The fraction of sp³-hybridized carbons (Fsp3) is 0.719. The molecule has 2 fully saturated rings. The molecule has 2 aliphatic heterocycles. The number of carbonyl (C=O) groups excluding carboxylic acids is 9. The normalized spacial score (nSPS) is 28.8. The number of esters is 7. The molecule has 0 aromatic heterocycles. The van der Waals surface area contributed by atoms with Gasteiger partial charge in [0.25, 0.3) is 5.79 Å². The maximum atomic E-state index is 13.7. The smallest absolute Gasteiger partial charge is 0.366 e. The van der Waals surface area contributed by atoms with Gasteiger partial charge in [0, 0.05) is 55.4 Å². The maximum absolute atomic E-state index is 13.7. The van der Waals surface area contributed by atoms with Crippen molar-refractivity contribution in [2.24, 2.45) is 0 Å². The topological polar surface area (TPSA) is 290 Å². The number of carbonyl (C=O) groups is 9. The molecule has 11 atom stereocenters. The average molecular weight is 779 g/mol. The summed E-state index contributed by atoms with van der Waals surface area (Å²) in [6.45, 7) is 6.56. The monoisotopic (exact) mass is 778 g/mol. The van der Waals surface area contributed by atoms with Gasteiger partial charge in [-0.1, -0.05) is 0 Å². The number of rotatable bonds is 15. The molecule has 0 aromatic rings. The van der Waals surface area contributed by atoms with Crippen LogP contribution in [0.25, 0.3) is 0 Å². The second-order valence-corrected chi connectivity index (χ2v) is 12.2. The van der Waals surface area contributed by atoms with Crippen LogP contribution >= 0.6 is 0 Å². The summed E-state index contributed by atoms with van der Waals surface area (Å²) in [5.41, 5.74) is 0. The zero-order chi connectivity index (χ0) is 41.1. The van der Waals surface area contributed by atoms with Gasteiger partial charge in [-0.05, 0) is 0 Å². The number of amides is 2. The Morgan fingerprint density at radius 3 is 1.74 bits per heavy atom. The van der Waals surface area contributed by atoms with Crippen LogP contribution in [0.15, 0.2) is 0 Å².